The Morgan fingerprint density at radius 2 is 1.66 bits per heavy atom. The predicted octanol–water partition coefficient (Wildman–Crippen LogP) is 5.65. The fraction of sp³-hybridized carbons (Fsp3) is 0.172. The fourth-order valence-electron chi connectivity index (χ4n) is 3.91. The van der Waals surface area contributed by atoms with Gasteiger partial charge in [-0.15, -0.1) is 4.40 Å². The Labute approximate surface area is 227 Å². The maximum absolute atomic E-state index is 13.3. The molecule has 5 rings (SSSR count). The van der Waals surface area contributed by atoms with Gasteiger partial charge in [0.25, 0.3) is 10.0 Å². The molecule has 4 aromatic rings. The summed E-state index contributed by atoms with van der Waals surface area (Å²) in [4.78, 5) is 0.0488. The van der Waals surface area contributed by atoms with Gasteiger partial charge in [-0.1, -0.05) is 65.7 Å². The molecule has 194 valence electrons. The van der Waals surface area contributed by atoms with Crippen molar-refractivity contribution in [2.45, 2.75) is 24.7 Å². The molecule has 1 aliphatic heterocycles. The molecule has 9 heteroatoms. The van der Waals surface area contributed by atoms with Crippen molar-refractivity contribution >= 4 is 27.4 Å². The number of benzene rings is 3. The third-order valence-corrected chi connectivity index (χ3v) is 7.40. The van der Waals surface area contributed by atoms with Gasteiger partial charge in [-0.05, 0) is 61.7 Å². The molecule has 38 heavy (non-hydrogen) atoms. The van der Waals surface area contributed by atoms with E-state index in [4.69, 9.17) is 22.1 Å². The molecule has 0 radical (unpaired) electrons. The van der Waals surface area contributed by atoms with Gasteiger partial charge in [0.05, 0.1) is 16.1 Å². The van der Waals surface area contributed by atoms with Gasteiger partial charge in [-0.2, -0.15) is 13.7 Å². The van der Waals surface area contributed by atoms with E-state index in [1.54, 1.807) is 42.5 Å². The number of nitrogen functional groups attached to an aromatic ring is 1. The molecular weight excluding hydrogens is 520 g/mol. The second kappa shape index (κ2) is 12.1. The number of aromatic nitrogens is 1. The van der Waals surface area contributed by atoms with Crippen LogP contribution in [0.15, 0.2) is 94.2 Å². The molecule has 1 aliphatic rings. The van der Waals surface area contributed by atoms with Crippen LogP contribution in [0.5, 0.6) is 0 Å². The summed E-state index contributed by atoms with van der Waals surface area (Å²) in [7, 11) is -4.10. The van der Waals surface area contributed by atoms with Crippen LogP contribution in [0.1, 0.15) is 24.0 Å². The molecule has 0 unspecified atom stereocenters. The van der Waals surface area contributed by atoms with Crippen LogP contribution in [-0.4, -0.2) is 26.2 Å². The average Bonchev–Trinajstić information content (AvgIpc) is 3.50. The number of nitrogens with zero attached hydrogens (tertiary/aromatic N) is 3. The second-order valence-electron chi connectivity index (χ2n) is 8.67. The molecule has 1 saturated heterocycles. The van der Waals surface area contributed by atoms with Crippen LogP contribution in [0.3, 0.4) is 0 Å². The van der Waals surface area contributed by atoms with Crippen molar-refractivity contribution in [1.29, 1.82) is 5.26 Å². The zero-order valence-electron chi connectivity index (χ0n) is 20.8. The Kier molecular flexibility index (Phi) is 8.64. The molecule has 7 nitrogen and oxygen atoms in total. The normalized spacial score (nSPS) is 13.4. The Bertz CT molecular complexity index is 1630. The Hall–Kier alpha value is -3.90. The molecule has 0 amide bonds. The van der Waals surface area contributed by atoms with Crippen molar-refractivity contribution in [3.63, 3.8) is 0 Å². The topological polar surface area (TPSA) is 110 Å². The lowest BCUT2D eigenvalue weighted by molar-refractivity contribution is 0.198. The predicted molar refractivity (Wildman–Crippen MR) is 149 cm³/mol. The molecule has 0 saturated carbocycles. The molecule has 2 N–H and O–H groups in total. The molecule has 3 aromatic carbocycles. The summed E-state index contributed by atoms with van der Waals surface area (Å²) in [5, 5.41) is 10.2. The number of halogens is 1. The summed E-state index contributed by atoms with van der Waals surface area (Å²) in [5.41, 5.74) is 9.12. The van der Waals surface area contributed by atoms with Crippen molar-refractivity contribution in [1.82, 2.24) is 4.57 Å². The van der Waals surface area contributed by atoms with E-state index in [1.165, 1.54) is 29.5 Å². The summed E-state index contributed by atoms with van der Waals surface area (Å²) in [6.45, 7) is 3.87. The molecule has 1 fully saturated rings. The first-order valence-electron chi connectivity index (χ1n) is 12.0. The van der Waals surface area contributed by atoms with Crippen LogP contribution in [0.2, 0.25) is 5.02 Å². The Balaban J connectivity index is 0.000000603. The van der Waals surface area contributed by atoms with E-state index in [0.717, 1.165) is 18.8 Å². The molecule has 0 atom stereocenters. The maximum atomic E-state index is 13.3. The maximum Gasteiger partial charge on any atom is 0.284 e. The summed E-state index contributed by atoms with van der Waals surface area (Å²) in [6.07, 6.45) is 2.56. The zero-order valence-corrected chi connectivity index (χ0v) is 22.4. The number of hydrogen-bond acceptors (Lipinski definition) is 5. The molecule has 0 spiro atoms. The van der Waals surface area contributed by atoms with E-state index in [2.05, 4.69) is 10.5 Å². The lowest BCUT2D eigenvalue weighted by Gasteiger charge is -2.16. The molecule has 0 aliphatic carbocycles. The van der Waals surface area contributed by atoms with Gasteiger partial charge in [0, 0.05) is 23.8 Å². The number of hydrogen-bond donors (Lipinski definition) is 1. The second-order valence-corrected chi connectivity index (χ2v) is 10.7. The van der Waals surface area contributed by atoms with Gasteiger partial charge < -0.3 is 10.5 Å². The van der Waals surface area contributed by atoms with E-state index in [0.29, 0.717) is 21.8 Å². The first kappa shape index (κ1) is 27.1. The minimum Gasteiger partial charge on any atom is -0.384 e. The quantitative estimate of drug-likeness (QED) is 0.356. The molecule has 2 heterocycles. The highest BCUT2D eigenvalue weighted by Gasteiger charge is 2.19. The lowest BCUT2D eigenvalue weighted by Crippen LogP contribution is -2.27. The van der Waals surface area contributed by atoms with Crippen LogP contribution in [0, 0.1) is 18.3 Å². The molecule has 1 aromatic heterocycles. The molecular formula is C29H27ClN4O3S. The van der Waals surface area contributed by atoms with Gasteiger partial charge >= 0.3 is 0 Å². The smallest absolute Gasteiger partial charge is 0.284 e. The zero-order chi connectivity index (χ0) is 27.1. The van der Waals surface area contributed by atoms with Gasteiger partial charge in [0.2, 0.25) is 0 Å². The van der Waals surface area contributed by atoms with E-state index >= 15 is 0 Å². The minimum atomic E-state index is -4.10. The Morgan fingerprint density at radius 1 is 0.974 bits per heavy atom. The summed E-state index contributed by atoms with van der Waals surface area (Å²) in [5.74, 6) is 0.0531. The van der Waals surface area contributed by atoms with Gasteiger partial charge in [-0.25, -0.2) is 0 Å². The number of anilines is 1. The Morgan fingerprint density at radius 3 is 2.24 bits per heavy atom. The van der Waals surface area contributed by atoms with Crippen molar-refractivity contribution in [2.75, 3.05) is 18.9 Å². The summed E-state index contributed by atoms with van der Waals surface area (Å²) < 4.78 is 37.2. The number of aryl methyl sites for hydroxylation is 1. The highest BCUT2D eigenvalue weighted by Crippen LogP contribution is 2.25. The standard InChI is InChI=1S/C25H19ClN4O2S.C4H8O/c1-17-10-12-22(13-11-17)33(31,32)29-25-23(18-6-3-2-4-7-18)14-19(16-27)24(28)30(25)21-9-5-8-20(26)15-21;1-2-4-5-3-1/h2-15H,28H2,1H3;1-4H2/b29-25+;. The number of rotatable bonds is 4. The number of sulfonamides is 1. The van der Waals surface area contributed by atoms with Crippen LogP contribution in [0.4, 0.5) is 5.82 Å². The number of nitriles is 1. The van der Waals surface area contributed by atoms with Gasteiger partial charge in [-0.3, -0.25) is 4.57 Å². The van der Waals surface area contributed by atoms with Crippen LogP contribution >= 0.6 is 11.6 Å². The monoisotopic (exact) mass is 546 g/mol. The van der Waals surface area contributed by atoms with Crippen molar-refractivity contribution in [2.24, 2.45) is 4.40 Å². The number of ether oxygens (including phenoxy) is 1. The van der Waals surface area contributed by atoms with Crippen molar-refractivity contribution < 1.29 is 13.2 Å². The minimum absolute atomic E-state index is 0.0488. The summed E-state index contributed by atoms with van der Waals surface area (Å²) in [6, 6.07) is 25.9. The lowest BCUT2D eigenvalue weighted by atomic mass is 10.0. The first-order chi connectivity index (χ1) is 18.3. The number of pyridine rings is 1. The highest BCUT2D eigenvalue weighted by atomic mass is 35.5. The summed E-state index contributed by atoms with van der Waals surface area (Å²) >= 11 is 6.21. The number of nitrogens with two attached hydrogens (primary N) is 1. The van der Waals surface area contributed by atoms with Crippen LogP contribution in [0.25, 0.3) is 16.8 Å². The average molecular weight is 547 g/mol. The van der Waals surface area contributed by atoms with Crippen molar-refractivity contribution in [3.8, 4) is 22.9 Å². The highest BCUT2D eigenvalue weighted by molar-refractivity contribution is 7.90. The van der Waals surface area contributed by atoms with E-state index < -0.39 is 10.0 Å². The third-order valence-electron chi connectivity index (χ3n) is 5.88. The first-order valence-corrected chi connectivity index (χ1v) is 13.8. The van der Waals surface area contributed by atoms with Gasteiger partial charge in [0.1, 0.15) is 11.9 Å². The third kappa shape index (κ3) is 6.32. The van der Waals surface area contributed by atoms with E-state index in [9.17, 15) is 13.7 Å². The SMILES string of the molecule is C1CCOC1.Cc1ccc(S(=O)(=O)/N=c2\c(-c3ccccc3)cc(C#N)c(N)n2-c2cccc(Cl)c2)cc1. The fourth-order valence-corrected chi connectivity index (χ4v) is 5.09. The van der Waals surface area contributed by atoms with E-state index in [1.807, 2.05) is 37.3 Å². The molecule has 0 bridgehead atoms. The van der Waals surface area contributed by atoms with Crippen LogP contribution in [-0.2, 0) is 14.8 Å². The van der Waals surface area contributed by atoms with Crippen molar-refractivity contribution in [3.05, 3.63) is 107 Å². The van der Waals surface area contributed by atoms with Gasteiger partial charge in [0.15, 0.2) is 5.49 Å². The van der Waals surface area contributed by atoms with Crippen LogP contribution < -0.4 is 11.2 Å². The van der Waals surface area contributed by atoms with E-state index in [-0.39, 0.29) is 21.8 Å². The largest absolute Gasteiger partial charge is 0.384 e.